The average Bonchev–Trinajstić information content (AvgIpc) is 2.24. The topological polar surface area (TPSA) is 64.4 Å². The van der Waals surface area contributed by atoms with E-state index in [0.717, 1.165) is 5.57 Å². The van der Waals surface area contributed by atoms with Crippen molar-refractivity contribution in [2.45, 2.75) is 6.92 Å². The highest BCUT2D eigenvalue weighted by Gasteiger charge is 2.07. The Morgan fingerprint density at radius 1 is 1.50 bits per heavy atom. The van der Waals surface area contributed by atoms with E-state index in [4.69, 9.17) is 10.5 Å². The van der Waals surface area contributed by atoms with Gasteiger partial charge in [0.15, 0.2) is 0 Å². The smallest absolute Gasteiger partial charge is 0.251 e. The molecule has 1 amide bonds. The fourth-order valence-corrected chi connectivity index (χ4v) is 1.20. The fraction of sp³-hybridized carbons (Fsp3) is 0.250. The predicted molar refractivity (Wildman–Crippen MR) is 64.6 cm³/mol. The van der Waals surface area contributed by atoms with Gasteiger partial charge >= 0.3 is 0 Å². The molecule has 0 unspecified atom stereocenters. The maximum Gasteiger partial charge on any atom is 0.251 e. The molecule has 1 aromatic rings. The fourth-order valence-electron chi connectivity index (χ4n) is 1.20. The Hall–Kier alpha value is -1.97. The van der Waals surface area contributed by atoms with Crippen LogP contribution in [0.4, 0.5) is 5.69 Å². The lowest BCUT2D eigenvalue weighted by atomic mass is 10.1. The number of carbonyl (C=O) groups is 1. The monoisotopic (exact) mass is 220 g/mol. The van der Waals surface area contributed by atoms with Crippen LogP contribution >= 0.6 is 0 Å². The number of benzene rings is 1. The average molecular weight is 220 g/mol. The van der Waals surface area contributed by atoms with E-state index in [0.29, 0.717) is 23.5 Å². The number of amides is 1. The molecule has 0 radical (unpaired) electrons. The van der Waals surface area contributed by atoms with E-state index in [9.17, 15) is 4.79 Å². The number of hydrogen-bond donors (Lipinski definition) is 2. The second-order valence-electron chi connectivity index (χ2n) is 3.63. The quantitative estimate of drug-likeness (QED) is 0.598. The Bertz CT molecular complexity index is 413. The summed E-state index contributed by atoms with van der Waals surface area (Å²) in [5.41, 5.74) is 7.53. The molecule has 0 saturated carbocycles. The largest absolute Gasteiger partial charge is 0.497 e. The first-order valence-electron chi connectivity index (χ1n) is 4.90. The lowest BCUT2D eigenvalue weighted by Crippen LogP contribution is -2.24. The maximum atomic E-state index is 11.7. The molecule has 0 aliphatic carbocycles. The highest BCUT2D eigenvalue weighted by molar-refractivity contribution is 5.95. The van der Waals surface area contributed by atoms with Crippen molar-refractivity contribution in [2.24, 2.45) is 0 Å². The Morgan fingerprint density at radius 2 is 2.19 bits per heavy atom. The van der Waals surface area contributed by atoms with Crippen molar-refractivity contribution >= 4 is 11.6 Å². The lowest BCUT2D eigenvalue weighted by Gasteiger charge is -2.07. The molecule has 0 aliphatic rings. The van der Waals surface area contributed by atoms with Crippen molar-refractivity contribution in [1.82, 2.24) is 5.32 Å². The van der Waals surface area contributed by atoms with Crippen LogP contribution < -0.4 is 15.8 Å². The molecule has 16 heavy (non-hydrogen) atoms. The number of anilines is 1. The minimum Gasteiger partial charge on any atom is -0.497 e. The summed E-state index contributed by atoms with van der Waals surface area (Å²) < 4.78 is 5.03. The Morgan fingerprint density at radius 3 is 2.75 bits per heavy atom. The normalized spacial score (nSPS) is 9.62. The van der Waals surface area contributed by atoms with Gasteiger partial charge in [0.2, 0.25) is 0 Å². The molecule has 86 valence electrons. The molecule has 0 bridgehead atoms. The van der Waals surface area contributed by atoms with Gasteiger partial charge in [0, 0.05) is 23.9 Å². The molecular weight excluding hydrogens is 204 g/mol. The third kappa shape index (κ3) is 3.31. The van der Waals surface area contributed by atoms with Gasteiger partial charge < -0.3 is 15.8 Å². The molecule has 1 aromatic carbocycles. The number of nitrogen functional groups attached to an aromatic ring is 1. The Balaban J connectivity index is 2.82. The highest BCUT2D eigenvalue weighted by atomic mass is 16.5. The summed E-state index contributed by atoms with van der Waals surface area (Å²) in [5, 5.41) is 2.73. The van der Waals surface area contributed by atoms with Crippen LogP contribution in [-0.4, -0.2) is 19.6 Å². The Labute approximate surface area is 95.1 Å². The van der Waals surface area contributed by atoms with Gasteiger partial charge in [-0.1, -0.05) is 12.2 Å². The van der Waals surface area contributed by atoms with Gasteiger partial charge in [-0.2, -0.15) is 0 Å². The number of carbonyl (C=O) groups excluding carboxylic acids is 1. The summed E-state index contributed by atoms with van der Waals surface area (Å²) in [5.74, 6) is 0.383. The molecule has 0 fully saturated rings. The van der Waals surface area contributed by atoms with E-state index in [1.54, 1.807) is 18.2 Å². The summed E-state index contributed by atoms with van der Waals surface area (Å²) in [6.45, 7) is 6.01. The van der Waals surface area contributed by atoms with Crippen LogP contribution in [0.5, 0.6) is 5.75 Å². The zero-order valence-electron chi connectivity index (χ0n) is 9.54. The van der Waals surface area contributed by atoms with Crippen molar-refractivity contribution in [3.05, 3.63) is 35.9 Å². The lowest BCUT2D eigenvalue weighted by molar-refractivity contribution is 0.0956. The van der Waals surface area contributed by atoms with Gasteiger partial charge in [0.1, 0.15) is 5.75 Å². The SMILES string of the molecule is C=C(C)CNC(=O)c1cc(N)cc(OC)c1. The van der Waals surface area contributed by atoms with Crippen molar-refractivity contribution in [2.75, 3.05) is 19.4 Å². The molecule has 3 N–H and O–H groups in total. The number of nitrogens with one attached hydrogen (secondary N) is 1. The predicted octanol–water partition coefficient (Wildman–Crippen LogP) is 1.58. The molecular formula is C12H16N2O2. The summed E-state index contributed by atoms with van der Waals surface area (Å²) in [6.07, 6.45) is 0. The molecule has 0 atom stereocenters. The van der Waals surface area contributed by atoms with Crippen LogP contribution in [0, 0.1) is 0 Å². The third-order valence-corrected chi connectivity index (χ3v) is 1.98. The van der Waals surface area contributed by atoms with Crippen LogP contribution in [0.15, 0.2) is 30.4 Å². The van der Waals surface area contributed by atoms with Gasteiger partial charge in [0.05, 0.1) is 7.11 Å². The first kappa shape index (κ1) is 12.1. The first-order chi connectivity index (χ1) is 7.52. The van der Waals surface area contributed by atoms with Crippen LogP contribution in [0.3, 0.4) is 0 Å². The van der Waals surface area contributed by atoms with Crippen molar-refractivity contribution in [3.63, 3.8) is 0 Å². The molecule has 1 rings (SSSR count). The standard InChI is InChI=1S/C12H16N2O2/c1-8(2)7-14-12(15)9-4-10(13)6-11(5-9)16-3/h4-6H,1,7,13H2,2-3H3,(H,14,15). The Kier molecular flexibility index (Phi) is 3.94. The maximum absolute atomic E-state index is 11.7. The number of methoxy groups -OCH3 is 1. The molecule has 0 saturated heterocycles. The van der Waals surface area contributed by atoms with Gasteiger partial charge in [-0.25, -0.2) is 0 Å². The molecule has 0 spiro atoms. The molecule has 4 nitrogen and oxygen atoms in total. The molecule has 0 heterocycles. The third-order valence-electron chi connectivity index (χ3n) is 1.98. The summed E-state index contributed by atoms with van der Waals surface area (Å²) in [7, 11) is 1.53. The minimum atomic E-state index is -0.186. The molecule has 0 aliphatic heterocycles. The van der Waals surface area contributed by atoms with Crippen molar-refractivity contribution in [3.8, 4) is 5.75 Å². The summed E-state index contributed by atoms with van der Waals surface area (Å²) in [4.78, 5) is 11.7. The minimum absolute atomic E-state index is 0.186. The number of ether oxygens (including phenoxy) is 1. The van der Waals surface area contributed by atoms with Crippen LogP contribution in [-0.2, 0) is 0 Å². The number of hydrogen-bond acceptors (Lipinski definition) is 3. The zero-order valence-corrected chi connectivity index (χ0v) is 9.54. The van der Waals surface area contributed by atoms with E-state index in [1.165, 1.54) is 7.11 Å². The number of nitrogens with two attached hydrogens (primary N) is 1. The van der Waals surface area contributed by atoms with Crippen LogP contribution in [0.2, 0.25) is 0 Å². The van der Waals surface area contributed by atoms with Crippen LogP contribution in [0.25, 0.3) is 0 Å². The highest BCUT2D eigenvalue weighted by Crippen LogP contribution is 2.18. The van der Waals surface area contributed by atoms with Gasteiger partial charge in [-0.15, -0.1) is 0 Å². The number of rotatable bonds is 4. The second-order valence-corrected chi connectivity index (χ2v) is 3.63. The van der Waals surface area contributed by atoms with E-state index < -0.39 is 0 Å². The zero-order chi connectivity index (χ0) is 12.1. The van der Waals surface area contributed by atoms with E-state index in [2.05, 4.69) is 11.9 Å². The van der Waals surface area contributed by atoms with E-state index in [-0.39, 0.29) is 5.91 Å². The van der Waals surface area contributed by atoms with Gasteiger partial charge in [-0.05, 0) is 19.1 Å². The van der Waals surface area contributed by atoms with E-state index >= 15 is 0 Å². The van der Waals surface area contributed by atoms with E-state index in [1.807, 2.05) is 6.92 Å². The van der Waals surface area contributed by atoms with Crippen LogP contribution in [0.1, 0.15) is 17.3 Å². The van der Waals surface area contributed by atoms with Crippen molar-refractivity contribution < 1.29 is 9.53 Å². The van der Waals surface area contributed by atoms with Crippen molar-refractivity contribution in [1.29, 1.82) is 0 Å². The molecule has 4 heteroatoms. The summed E-state index contributed by atoms with van der Waals surface area (Å²) in [6, 6.07) is 4.91. The van der Waals surface area contributed by atoms with Gasteiger partial charge in [-0.3, -0.25) is 4.79 Å². The first-order valence-corrected chi connectivity index (χ1v) is 4.90. The summed E-state index contributed by atoms with van der Waals surface area (Å²) >= 11 is 0. The molecule has 0 aromatic heterocycles. The second kappa shape index (κ2) is 5.21. The van der Waals surface area contributed by atoms with Gasteiger partial charge in [0.25, 0.3) is 5.91 Å².